The van der Waals surface area contributed by atoms with Crippen molar-refractivity contribution in [2.75, 3.05) is 7.11 Å². The lowest BCUT2D eigenvalue weighted by Crippen LogP contribution is -2.42. The van der Waals surface area contributed by atoms with Crippen LogP contribution in [0.15, 0.2) is 11.0 Å². The molecule has 1 aromatic rings. The lowest BCUT2D eigenvalue weighted by Gasteiger charge is -2.29. The number of hydrogen-bond donors (Lipinski definition) is 2. The van der Waals surface area contributed by atoms with Gasteiger partial charge in [0.15, 0.2) is 6.10 Å². The molecule has 2 N–H and O–H groups in total. The minimum atomic E-state index is -1.50. The van der Waals surface area contributed by atoms with E-state index in [1.807, 2.05) is 39.2 Å². The number of aliphatic hydroxyl groups is 2. The van der Waals surface area contributed by atoms with E-state index >= 15 is 0 Å². The maximum Gasteiger partial charge on any atom is 0.309 e. The molecule has 0 radical (unpaired) electrons. The van der Waals surface area contributed by atoms with Crippen molar-refractivity contribution in [3.05, 3.63) is 21.7 Å². The van der Waals surface area contributed by atoms with Crippen LogP contribution in [0, 0.1) is 24.2 Å². The van der Waals surface area contributed by atoms with Crippen LogP contribution >= 0.6 is 11.3 Å². The van der Waals surface area contributed by atoms with Gasteiger partial charge in [-0.1, -0.05) is 20.3 Å². The summed E-state index contributed by atoms with van der Waals surface area (Å²) in [7, 11) is 1.58. The lowest BCUT2D eigenvalue weighted by molar-refractivity contribution is -0.158. The Morgan fingerprint density at radius 2 is 2.00 bits per heavy atom. The normalized spacial score (nSPS) is 43.5. The molecule has 0 spiro atoms. The third-order valence-electron chi connectivity index (χ3n) is 8.90. The molecule has 8 nitrogen and oxygen atoms in total. The van der Waals surface area contributed by atoms with Crippen molar-refractivity contribution < 1.29 is 34.0 Å². The molecular formula is C28H41NO7S. The van der Waals surface area contributed by atoms with Crippen LogP contribution in [0.2, 0.25) is 0 Å². The number of carbonyl (C=O) groups is 2. The van der Waals surface area contributed by atoms with Crippen LogP contribution in [-0.4, -0.2) is 69.7 Å². The number of nitrogens with zero attached hydrogens (tertiary/aromatic N) is 1. The van der Waals surface area contributed by atoms with E-state index in [2.05, 4.69) is 4.98 Å². The number of methoxy groups -OCH3 is 1. The number of Topliss-reactive ketones (excluding diaryl/α,β-unsaturated/α-hetero) is 1. The van der Waals surface area contributed by atoms with Crippen LogP contribution in [0.4, 0.5) is 0 Å². The van der Waals surface area contributed by atoms with Crippen molar-refractivity contribution >= 4 is 29.2 Å². The Kier molecular flexibility index (Phi) is 7.78. The Bertz CT molecular complexity index is 1070. The zero-order valence-corrected chi connectivity index (χ0v) is 23.8. The second-order valence-electron chi connectivity index (χ2n) is 11.9. The summed E-state index contributed by atoms with van der Waals surface area (Å²) in [6.07, 6.45) is 1.63. The highest BCUT2D eigenvalue weighted by Gasteiger charge is 2.70. The quantitative estimate of drug-likeness (QED) is 0.443. The number of ketones is 1. The van der Waals surface area contributed by atoms with E-state index < -0.39 is 46.8 Å². The number of aliphatic hydroxyl groups excluding tert-OH is 1. The van der Waals surface area contributed by atoms with Gasteiger partial charge in [0.1, 0.15) is 18.0 Å². The van der Waals surface area contributed by atoms with Gasteiger partial charge in [-0.05, 0) is 64.5 Å². The van der Waals surface area contributed by atoms with Gasteiger partial charge in [0.05, 0.1) is 39.8 Å². The number of carbonyl (C=O) groups excluding carboxylic acids is 2. The molecule has 1 aromatic heterocycles. The molecule has 0 bridgehead atoms. The van der Waals surface area contributed by atoms with Crippen molar-refractivity contribution in [1.29, 1.82) is 0 Å². The number of rotatable bonds is 3. The number of fused-ring (bicyclic) bond motifs is 2. The number of aromatic nitrogens is 1. The van der Waals surface area contributed by atoms with Gasteiger partial charge in [0.25, 0.3) is 0 Å². The highest BCUT2D eigenvalue weighted by Crippen LogP contribution is 2.60. The molecule has 37 heavy (non-hydrogen) atoms. The molecule has 9 heteroatoms. The maximum absolute atomic E-state index is 13.3. The monoisotopic (exact) mass is 535 g/mol. The highest BCUT2D eigenvalue weighted by molar-refractivity contribution is 7.09. The molecule has 9 unspecified atom stereocenters. The minimum absolute atomic E-state index is 0.0919. The van der Waals surface area contributed by atoms with Crippen LogP contribution in [-0.2, 0) is 23.8 Å². The van der Waals surface area contributed by atoms with Crippen LogP contribution < -0.4 is 0 Å². The first-order valence-electron chi connectivity index (χ1n) is 13.2. The largest absolute Gasteiger partial charge is 0.455 e. The van der Waals surface area contributed by atoms with Gasteiger partial charge in [-0.15, -0.1) is 11.3 Å². The van der Waals surface area contributed by atoms with E-state index in [1.54, 1.807) is 21.0 Å². The number of esters is 1. The number of ether oxygens (including phenoxy) is 3. The highest BCUT2D eigenvalue weighted by atomic mass is 32.1. The predicted octanol–water partition coefficient (Wildman–Crippen LogP) is 3.86. The van der Waals surface area contributed by atoms with Gasteiger partial charge < -0.3 is 24.4 Å². The first-order chi connectivity index (χ1) is 17.2. The van der Waals surface area contributed by atoms with Gasteiger partial charge in [0, 0.05) is 18.4 Å². The third-order valence-corrected chi connectivity index (χ3v) is 9.69. The molecule has 3 fully saturated rings. The van der Waals surface area contributed by atoms with Crippen LogP contribution in [0.3, 0.4) is 0 Å². The number of cyclic esters (lactones) is 1. The second-order valence-corrected chi connectivity index (χ2v) is 12.9. The number of hydrogen-bond acceptors (Lipinski definition) is 9. The van der Waals surface area contributed by atoms with Crippen LogP contribution in [0.1, 0.15) is 77.4 Å². The lowest BCUT2D eigenvalue weighted by atomic mass is 9.80. The number of epoxide rings is 1. The molecule has 2 aliphatic heterocycles. The van der Waals surface area contributed by atoms with Crippen molar-refractivity contribution in [3.63, 3.8) is 0 Å². The summed E-state index contributed by atoms with van der Waals surface area (Å²) >= 11 is 1.54. The maximum atomic E-state index is 13.3. The zero-order chi connectivity index (χ0) is 27.3. The van der Waals surface area contributed by atoms with E-state index in [4.69, 9.17) is 14.2 Å². The number of aryl methyl sites for hydroxylation is 1. The zero-order valence-electron chi connectivity index (χ0n) is 22.9. The van der Waals surface area contributed by atoms with E-state index in [-0.39, 0.29) is 30.6 Å². The topological polar surface area (TPSA) is 118 Å². The van der Waals surface area contributed by atoms with Gasteiger partial charge in [-0.25, -0.2) is 4.98 Å². The standard InChI is InChI=1S/C28H41NO7S/c1-15-9-8-10-27(6)25(36-27)23(34-7)22(16(2)11-19-13-37-18(4)29-19)35-20(30)12-28(33)14-26(28,5)24(32)17(3)21(15)31/h11,13,15,17,21-23,25,31,33H,8-10,12,14H2,1-7H3. The Hall–Kier alpha value is -1.65. The Balaban J connectivity index is 1.65. The molecule has 9 atom stereocenters. The molecule has 2 saturated heterocycles. The van der Waals surface area contributed by atoms with Crippen molar-refractivity contribution in [2.24, 2.45) is 17.3 Å². The first-order valence-corrected chi connectivity index (χ1v) is 14.1. The van der Waals surface area contributed by atoms with Crippen LogP contribution in [0.25, 0.3) is 6.08 Å². The first kappa shape index (κ1) is 28.4. The molecule has 4 rings (SSSR count). The Labute approximate surface area is 223 Å². The van der Waals surface area contributed by atoms with E-state index in [0.717, 1.165) is 35.5 Å². The summed E-state index contributed by atoms with van der Waals surface area (Å²) in [4.78, 5) is 31.0. The van der Waals surface area contributed by atoms with Crippen molar-refractivity contribution in [1.82, 2.24) is 4.98 Å². The second kappa shape index (κ2) is 10.2. The Morgan fingerprint density at radius 1 is 1.30 bits per heavy atom. The van der Waals surface area contributed by atoms with Crippen LogP contribution in [0.5, 0.6) is 0 Å². The fourth-order valence-electron chi connectivity index (χ4n) is 6.09. The summed E-state index contributed by atoms with van der Waals surface area (Å²) in [6, 6.07) is 0. The molecule has 206 valence electrons. The fraction of sp³-hybridized carbons (Fsp3) is 0.750. The molecule has 1 saturated carbocycles. The number of thiazole rings is 1. The SMILES string of the molecule is COC1C(C(C)=Cc2csc(C)n2)OC(=O)CC2(O)CC2(C)C(=O)C(C)C(O)C(C)CCCC2(C)OC12. The van der Waals surface area contributed by atoms with E-state index in [0.29, 0.717) is 0 Å². The van der Waals surface area contributed by atoms with Gasteiger partial charge in [0.2, 0.25) is 0 Å². The van der Waals surface area contributed by atoms with E-state index in [1.165, 1.54) is 11.3 Å². The predicted molar refractivity (Wildman–Crippen MR) is 140 cm³/mol. The summed E-state index contributed by atoms with van der Waals surface area (Å²) in [6.45, 7) is 11.2. The van der Waals surface area contributed by atoms with Crippen molar-refractivity contribution in [2.45, 2.75) is 109 Å². The fourth-order valence-corrected chi connectivity index (χ4v) is 6.66. The summed E-state index contributed by atoms with van der Waals surface area (Å²) in [5.41, 5.74) is -1.51. The smallest absolute Gasteiger partial charge is 0.309 e. The van der Waals surface area contributed by atoms with Crippen molar-refractivity contribution in [3.8, 4) is 0 Å². The van der Waals surface area contributed by atoms with E-state index in [9.17, 15) is 19.8 Å². The average molecular weight is 536 g/mol. The van der Waals surface area contributed by atoms with Gasteiger partial charge in [-0.2, -0.15) is 0 Å². The summed E-state index contributed by atoms with van der Waals surface area (Å²) < 4.78 is 18.0. The molecule has 3 heterocycles. The molecule has 1 aliphatic carbocycles. The molecule has 0 aromatic carbocycles. The molecule has 3 aliphatic rings. The Morgan fingerprint density at radius 3 is 2.62 bits per heavy atom. The minimum Gasteiger partial charge on any atom is -0.455 e. The third kappa shape index (κ3) is 5.43. The molecule has 0 amide bonds. The summed E-state index contributed by atoms with van der Waals surface area (Å²) in [5.74, 6) is -1.56. The molecular weight excluding hydrogens is 494 g/mol. The van der Waals surface area contributed by atoms with Gasteiger partial charge >= 0.3 is 5.97 Å². The average Bonchev–Trinajstić information content (AvgIpc) is 3.57. The van der Waals surface area contributed by atoms with Gasteiger partial charge in [-0.3, -0.25) is 9.59 Å². The summed E-state index contributed by atoms with van der Waals surface area (Å²) in [5, 5.41) is 25.0.